The Kier molecular flexibility index (Phi) is 2.79. The van der Waals surface area contributed by atoms with Gasteiger partial charge in [-0.05, 0) is 18.3 Å². The first-order valence-corrected chi connectivity index (χ1v) is 6.06. The number of methoxy groups -OCH3 is 1. The molecule has 0 atom stereocenters. The van der Waals surface area contributed by atoms with Crippen LogP contribution in [-0.2, 0) is 13.6 Å². The molecule has 0 bridgehead atoms. The molecule has 1 N–H and O–H groups in total. The fraction of sp³-hybridized carbons (Fsp3) is 0.273. The molecule has 0 saturated carbocycles. The summed E-state index contributed by atoms with van der Waals surface area (Å²) in [5, 5.41) is 4.24. The third-order valence-corrected chi connectivity index (χ3v) is 3.07. The number of hydrogen-bond donors (Lipinski definition) is 1. The number of fused-ring (bicyclic) bond motifs is 1. The van der Waals surface area contributed by atoms with E-state index >= 15 is 0 Å². The first-order valence-electron chi connectivity index (χ1n) is 5.65. The molecule has 0 aliphatic carbocycles. The number of nitrogens with one attached hydrogen (secondary N) is 1. The van der Waals surface area contributed by atoms with Crippen molar-refractivity contribution in [3.63, 3.8) is 0 Å². The van der Waals surface area contributed by atoms with Crippen molar-refractivity contribution in [2.24, 2.45) is 7.05 Å². The molecule has 0 radical (unpaired) electrons. The molecule has 0 fully saturated rings. The molecule has 7 nitrogen and oxygen atoms in total. The fourth-order valence-electron chi connectivity index (χ4n) is 1.87. The number of pyridine rings is 1. The van der Waals surface area contributed by atoms with Crippen LogP contribution in [0.5, 0.6) is 5.88 Å². The van der Waals surface area contributed by atoms with E-state index in [4.69, 9.17) is 17.0 Å². The highest BCUT2D eigenvalue weighted by Crippen LogP contribution is 2.16. The first-order chi connectivity index (χ1) is 9.17. The fourth-order valence-corrected chi connectivity index (χ4v) is 2.13. The van der Waals surface area contributed by atoms with Crippen molar-refractivity contribution in [1.29, 1.82) is 0 Å². The van der Waals surface area contributed by atoms with Gasteiger partial charge in [0.25, 0.3) is 0 Å². The number of aromatic nitrogens is 6. The maximum Gasteiger partial charge on any atom is 0.215 e. The number of H-pyrrole nitrogens is 1. The van der Waals surface area contributed by atoms with E-state index in [1.807, 2.05) is 17.7 Å². The minimum atomic E-state index is 0.472. The summed E-state index contributed by atoms with van der Waals surface area (Å²) >= 11 is 5.30. The molecule has 0 amide bonds. The van der Waals surface area contributed by atoms with Gasteiger partial charge in [-0.25, -0.2) is 4.98 Å². The molecule has 0 saturated heterocycles. The van der Waals surface area contributed by atoms with Crippen molar-refractivity contribution in [3.05, 3.63) is 29.1 Å². The number of nitrogens with zero attached hydrogens (tertiary/aromatic N) is 5. The number of aryl methyl sites for hydroxylation is 1. The van der Waals surface area contributed by atoms with Crippen LogP contribution in [0.2, 0.25) is 0 Å². The normalized spacial score (nSPS) is 11.1. The molecular formula is C11H12N6OS. The summed E-state index contributed by atoms with van der Waals surface area (Å²) in [5.74, 6) is 1.23. The van der Waals surface area contributed by atoms with E-state index in [1.54, 1.807) is 24.2 Å². The van der Waals surface area contributed by atoms with E-state index < -0.39 is 0 Å². The molecule has 8 heteroatoms. The van der Waals surface area contributed by atoms with Crippen molar-refractivity contribution in [2.75, 3.05) is 7.11 Å². The van der Waals surface area contributed by atoms with Crippen LogP contribution < -0.4 is 4.74 Å². The van der Waals surface area contributed by atoms with Gasteiger partial charge in [-0.15, -0.1) is 0 Å². The van der Waals surface area contributed by atoms with Crippen LogP contribution in [-0.4, -0.2) is 36.4 Å². The predicted octanol–water partition coefficient (Wildman–Crippen LogP) is 1.28. The van der Waals surface area contributed by atoms with Crippen LogP contribution in [0.4, 0.5) is 0 Å². The Labute approximate surface area is 113 Å². The van der Waals surface area contributed by atoms with Crippen molar-refractivity contribution in [2.45, 2.75) is 6.54 Å². The first kappa shape index (κ1) is 11.8. The Morgan fingerprint density at radius 2 is 2.26 bits per heavy atom. The lowest BCUT2D eigenvalue weighted by atomic mass is 10.4. The summed E-state index contributed by atoms with van der Waals surface area (Å²) in [4.78, 5) is 11.7. The standard InChI is InChI=1S/C11H12N6OS/c1-16-6-12-8(15-16)5-17-10-7(13-11(17)19)3-4-9(14-10)18-2/h3-4,6H,5H2,1-2H3,(H,13,19). The summed E-state index contributed by atoms with van der Waals surface area (Å²) < 4.78 is 9.22. The molecule has 98 valence electrons. The van der Waals surface area contributed by atoms with Crippen molar-refractivity contribution in [3.8, 4) is 5.88 Å². The highest BCUT2D eigenvalue weighted by molar-refractivity contribution is 7.71. The molecule has 3 aromatic rings. The van der Waals surface area contributed by atoms with Crippen LogP contribution in [0.15, 0.2) is 18.5 Å². The number of hydrogen-bond acceptors (Lipinski definition) is 5. The molecule has 0 unspecified atom stereocenters. The van der Waals surface area contributed by atoms with Crippen LogP contribution in [0, 0.1) is 4.77 Å². The zero-order valence-electron chi connectivity index (χ0n) is 10.5. The van der Waals surface area contributed by atoms with Crippen molar-refractivity contribution < 1.29 is 4.74 Å². The Balaban J connectivity index is 2.11. The van der Waals surface area contributed by atoms with E-state index in [1.165, 1.54) is 0 Å². The van der Waals surface area contributed by atoms with Gasteiger partial charge in [0.05, 0.1) is 19.2 Å². The third kappa shape index (κ3) is 2.10. The molecule has 0 aliphatic heterocycles. The number of rotatable bonds is 3. The van der Waals surface area contributed by atoms with Crippen LogP contribution in [0.1, 0.15) is 5.82 Å². The molecule has 0 spiro atoms. The molecule has 3 rings (SSSR count). The van der Waals surface area contributed by atoms with Gasteiger partial charge < -0.3 is 9.72 Å². The quantitative estimate of drug-likeness (QED) is 0.729. The average Bonchev–Trinajstić information content (AvgIpc) is 2.94. The Morgan fingerprint density at radius 3 is 2.95 bits per heavy atom. The predicted molar refractivity (Wildman–Crippen MR) is 71.6 cm³/mol. The molecule has 0 aromatic carbocycles. The van der Waals surface area contributed by atoms with E-state index in [0.717, 1.165) is 11.2 Å². The summed E-state index contributed by atoms with van der Waals surface area (Å²) in [7, 11) is 3.41. The summed E-state index contributed by atoms with van der Waals surface area (Å²) in [6.45, 7) is 0.472. The van der Waals surface area contributed by atoms with E-state index in [9.17, 15) is 0 Å². The molecule has 19 heavy (non-hydrogen) atoms. The SMILES string of the molecule is COc1ccc2[nH]c(=S)n(Cc3ncn(C)n3)c2n1. The van der Waals surface area contributed by atoms with Crippen LogP contribution in [0.25, 0.3) is 11.2 Å². The highest BCUT2D eigenvalue weighted by atomic mass is 32.1. The second kappa shape index (κ2) is 4.47. The van der Waals surface area contributed by atoms with Gasteiger partial charge in [0, 0.05) is 13.1 Å². The molecule has 3 heterocycles. The summed E-state index contributed by atoms with van der Waals surface area (Å²) in [6.07, 6.45) is 1.65. The maximum atomic E-state index is 5.30. The third-order valence-electron chi connectivity index (χ3n) is 2.75. The average molecular weight is 276 g/mol. The lowest BCUT2D eigenvalue weighted by Gasteiger charge is -2.02. The topological polar surface area (TPSA) is 73.6 Å². The van der Waals surface area contributed by atoms with E-state index in [2.05, 4.69) is 20.1 Å². The van der Waals surface area contributed by atoms with Gasteiger partial charge >= 0.3 is 0 Å². The monoisotopic (exact) mass is 276 g/mol. The highest BCUT2D eigenvalue weighted by Gasteiger charge is 2.09. The number of imidazole rings is 1. The number of aromatic amines is 1. The Morgan fingerprint density at radius 1 is 1.42 bits per heavy atom. The molecule has 3 aromatic heterocycles. The van der Waals surface area contributed by atoms with Crippen molar-refractivity contribution >= 4 is 23.4 Å². The van der Waals surface area contributed by atoms with Gasteiger partial charge in [-0.1, -0.05) is 0 Å². The van der Waals surface area contributed by atoms with Crippen LogP contribution in [0.3, 0.4) is 0 Å². The van der Waals surface area contributed by atoms with Gasteiger partial charge in [-0.2, -0.15) is 10.1 Å². The smallest absolute Gasteiger partial charge is 0.215 e. The minimum Gasteiger partial charge on any atom is -0.481 e. The van der Waals surface area contributed by atoms with E-state index in [0.29, 0.717) is 23.0 Å². The Hall–Kier alpha value is -2.22. The second-order valence-electron chi connectivity index (χ2n) is 4.08. The molecule has 0 aliphatic rings. The second-order valence-corrected chi connectivity index (χ2v) is 4.46. The van der Waals surface area contributed by atoms with Gasteiger partial charge in [-0.3, -0.25) is 9.25 Å². The van der Waals surface area contributed by atoms with Gasteiger partial charge in [0.2, 0.25) is 5.88 Å². The zero-order chi connectivity index (χ0) is 13.4. The summed E-state index contributed by atoms with van der Waals surface area (Å²) in [5.41, 5.74) is 1.60. The lowest BCUT2D eigenvalue weighted by Crippen LogP contribution is -2.03. The van der Waals surface area contributed by atoms with E-state index in [-0.39, 0.29) is 0 Å². The minimum absolute atomic E-state index is 0.472. The van der Waals surface area contributed by atoms with Crippen molar-refractivity contribution in [1.82, 2.24) is 29.3 Å². The van der Waals surface area contributed by atoms with Crippen LogP contribution >= 0.6 is 12.2 Å². The largest absolute Gasteiger partial charge is 0.481 e. The maximum absolute atomic E-state index is 5.30. The van der Waals surface area contributed by atoms with Gasteiger partial charge in [0.15, 0.2) is 16.2 Å². The Bertz CT molecular complexity index is 786. The number of ether oxygens (including phenoxy) is 1. The summed E-state index contributed by atoms with van der Waals surface area (Å²) in [6, 6.07) is 3.68. The molecular weight excluding hydrogens is 264 g/mol. The zero-order valence-corrected chi connectivity index (χ0v) is 11.3. The van der Waals surface area contributed by atoms with Gasteiger partial charge in [0.1, 0.15) is 6.33 Å². The lowest BCUT2D eigenvalue weighted by molar-refractivity contribution is 0.399.